The van der Waals surface area contributed by atoms with Crippen molar-refractivity contribution in [3.8, 4) is 11.4 Å². The number of fused-ring (bicyclic) bond motifs is 1. The molecule has 0 spiro atoms. The van der Waals surface area contributed by atoms with Crippen LogP contribution in [0.25, 0.3) is 22.6 Å². The number of hydrogen-bond acceptors (Lipinski definition) is 9. The molecule has 0 aliphatic carbocycles. The summed E-state index contributed by atoms with van der Waals surface area (Å²) >= 11 is 0. The van der Waals surface area contributed by atoms with E-state index in [4.69, 9.17) is 10.5 Å². The quantitative estimate of drug-likeness (QED) is 0.401. The maximum absolute atomic E-state index is 10.3. The summed E-state index contributed by atoms with van der Waals surface area (Å²) in [5, 5.41) is 34.0. The van der Waals surface area contributed by atoms with Crippen LogP contribution in [0.3, 0.4) is 0 Å². The standard InChI is InChI=1S/C18H25N7O4/c1-2-3-4-5-24-7-10(6-21-24)16-22-15(19)12-17(23-16)25(9-20-12)18-14(28)13(27)11(8-26)29-18/h6-7,9,11,13-14,18,26-28H,2-5,8H2,1H3,(H2,19,22,23)/t11-,13-,14-,18?/m0/s1. The molecule has 0 radical (unpaired) electrons. The third-order valence-corrected chi connectivity index (χ3v) is 5.12. The van der Waals surface area contributed by atoms with E-state index < -0.39 is 31.1 Å². The van der Waals surface area contributed by atoms with Gasteiger partial charge in [-0.05, 0) is 6.42 Å². The Morgan fingerprint density at radius 1 is 1.21 bits per heavy atom. The SMILES string of the molecule is CCCCCn1cc(-c2nc(N)c3ncn(C4O[C@@H](CO)[C@H](O)[C@@H]4O)c3n2)cn1. The minimum Gasteiger partial charge on any atom is -0.394 e. The molecule has 5 N–H and O–H groups in total. The van der Waals surface area contributed by atoms with Crippen molar-refractivity contribution in [2.45, 2.75) is 57.3 Å². The number of aliphatic hydroxyl groups is 3. The van der Waals surface area contributed by atoms with Crippen molar-refractivity contribution >= 4 is 17.0 Å². The highest BCUT2D eigenvalue weighted by Gasteiger charge is 2.44. The number of unbranched alkanes of at least 4 members (excludes halogenated alkanes) is 2. The summed E-state index contributed by atoms with van der Waals surface area (Å²) in [6.45, 7) is 2.54. The molecule has 3 aromatic heterocycles. The monoisotopic (exact) mass is 403 g/mol. The zero-order chi connectivity index (χ0) is 20.5. The van der Waals surface area contributed by atoms with Gasteiger partial charge in [0.25, 0.3) is 0 Å². The normalized spacial score (nSPS) is 24.6. The molecule has 11 nitrogen and oxygen atoms in total. The molecule has 11 heteroatoms. The highest BCUT2D eigenvalue weighted by atomic mass is 16.6. The second-order valence-corrected chi connectivity index (χ2v) is 7.18. The van der Waals surface area contributed by atoms with E-state index in [1.165, 1.54) is 10.9 Å². The fraction of sp³-hybridized carbons (Fsp3) is 0.556. The van der Waals surface area contributed by atoms with Crippen molar-refractivity contribution in [2.24, 2.45) is 0 Å². The van der Waals surface area contributed by atoms with Gasteiger partial charge in [0.05, 0.1) is 24.7 Å². The summed E-state index contributed by atoms with van der Waals surface area (Å²) < 4.78 is 8.92. The average molecular weight is 403 g/mol. The molecule has 4 atom stereocenters. The number of nitrogens with two attached hydrogens (primary N) is 1. The van der Waals surface area contributed by atoms with Crippen LogP contribution in [0.5, 0.6) is 0 Å². The van der Waals surface area contributed by atoms with Crippen LogP contribution in [-0.2, 0) is 11.3 Å². The number of nitrogens with zero attached hydrogens (tertiary/aromatic N) is 6. The van der Waals surface area contributed by atoms with E-state index in [1.807, 2.05) is 10.9 Å². The molecular weight excluding hydrogens is 378 g/mol. The number of anilines is 1. The lowest BCUT2D eigenvalue weighted by molar-refractivity contribution is -0.0511. The Kier molecular flexibility index (Phi) is 5.46. The van der Waals surface area contributed by atoms with Gasteiger partial charge in [-0.1, -0.05) is 19.8 Å². The first-order valence-electron chi connectivity index (χ1n) is 9.68. The Morgan fingerprint density at radius 3 is 2.76 bits per heavy atom. The number of nitrogen functional groups attached to an aromatic ring is 1. The van der Waals surface area contributed by atoms with Gasteiger partial charge in [0.1, 0.15) is 23.8 Å². The summed E-state index contributed by atoms with van der Waals surface area (Å²) in [5.74, 6) is 0.569. The molecule has 0 bridgehead atoms. The predicted octanol–water partition coefficient (Wildman–Crippen LogP) is 0.0737. The highest BCUT2D eigenvalue weighted by molar-refractivity contribution is 5.83. The van der Waals surface area contributed by atoms with Crippen LogP contribution in [0.4, 0.5) is 5.82 Å². The minimum atomic E-state index is -1.24. The van der Waals surface area contributed by atoms with Gasteiger partial charge in [-0.25, -0.2) is 15.0 Å². The van der Waals surface area contributed by atoms with Gasteiger partial charge < -0.3 is 25.8 Å². The van der Waals surface area contributed by atoms with Gasteiger partial charge in [0.15, 0.2) is 23.5 Å². The van der Waals surface area contributed by atoms with Crippen LogP contribution in [0.15, 0.2) is 18.7 Å². The molecule has 4 rings (SSSR count). The molecular formula is C18H25N7O4. The van der Waals surface area contributed by atoms with E-state index in [0.29, 0.717) is 22.6 Å². The molecule has 1 saturated heterocycles. The number of aryl methyl sites for hydroxylation is 1. The molecule has 4 heterocycles. The summed E-state index contributed by atoms with van der Waals surface area (Å²) in [6.07, 6.45) is 3.96. The number of rotatable bonds is 7. The first kappa shape index (κ1) is 19.7. The molecule has 1 aliphatic heterocycles. The first-order chi connectivity index (χ1) is 14.0. The van der Waals surface area contributed by atoms with E-state index >= 15 is 0 Å². The van der Waals surface area contributed by atoms with Gasteiger partial charge in [-0.3, -0.25) is 9.25 Å². The molecule has 1 unspecified atom stereocenters. The van der Waals surface area contributed by atoms with Crippen molar-refractivity contribution in [3.63, 3.8) is 0 Å². The van der Waals surface area contributed by atoms with Gasteiger partial charge in [0, 0.05) is 12.7 Å². The molecule has 0 aromatic carbocycles. The van der Waals surface area contributed by atoms with Crippen LogP contribution in [-0.4, -0.2) is 69.5 Å². The van der Waals surface area contributed by atoms with Crippen molar-refractivity contribution in [1.82, 2.24) is 29.3 Å². The van der Waals surface area contributed by atoms with E-state index in [-0.39, 0.29) is 5.82 Å². The Bertz CT molecular complexity index is 988. The second kappa shape index (κ2) is 8.03. The van der Waals surface area contributed by atoms with E-state index in [0.717, 1.165) is 25.8 Å². The fourth-order valence-electron chi connectivity index (χ4n) is 3.49. The number of ether oxygens (including phenoxy) is 1. The molecule has 3 aromatic rings. The third-order valence-electron chi connectivity index (χ3n) is 5.12. The van der Waals surface area contributed by atoms with Gasteiger partial charge in [0.2, 0.25) is 0 Å². The number of imidazole rings is 1. The topological polar surface area (TPSA) is 157 Å². The van der Waals surface area contributed by atoms with Gasteiger partial charge in [-0.2, -0.15) is 5.10 Å². The van der Waals surface area contributed by atoms with Crippen LogP contribution in [0.1, 0.15) is 32.4 Å². The van der Waals surface area contributed by atoms with Crippen molar-refractivity contribution in [3.05, 3.63) is 18.7 Å². The van der Waals surface area contributed by atoms with Gasteiger partial charge in [-0.15, -0.1) is 0 Å². The Hall–Kier alpha value is -2.60. The molecule has 156 valence electrons. The summed E-state index contributed by atoms with van der Waals surface area (Å²) in [7, 11) is 0. The zero-order valence-electron chi connectivity index (χ0n) is 16.1. The van der Waals surface area contributed by atoms with Crippen LogP contribution in [0.2, 0.25) is 0 Å². The molecule has 0 amide bonds. The summed E-state index contributed by atoms with van der Waals surface area (Å²) in [5.41, 5.74) is 7.52. The van der Waals surface area contributed by atoms with E-state index in [1.54, 1.807) is 6.20 Å². The lowest BCUT2D eigenvalue weighted by atomic mass is 10.1. The summed E-state index contributed by atoms with van der Waals surface area (Å²) in [6, 6.07) is 0. The number of hydrogen-bond donors (Lipinski definition) is 4. The lowest BCUT2D eigenvalue weighted by Crippen LogP contribution is -2.33. The van der Waals surface area contributed by atoms with Crippen molar-refractivity contribution < 1.29 is 20.1 Å². The maximum Gasteiger partial charge on any atom is 0.168 e. The Morgan fingerprint density at radius 2 is 2.03 bits per heavy atom. The molecule has 1 fully saturated rings. The van der Waals surface area contributed by atoms with Crippen molar-refractivity contribution in [1.29, 1.82) is 0 Å². The molecule has 29 heavy (non-hydrogen) atoms. The fourth-order valence-corrected chi connectivity index (χ4v) is 3.49. The largest absolute Gasteiger partial charge is 0.394 e. The zero-order valence-corrected chi connectivity index (χ0v) is 16.1. The first-order valence-corrected chi connectivity index (χ1v) is 9.68. The average Bonchev–Trinajstić information content (AvgIpc) is 3.41. The van der Waals surface area contributed by atoms with E-state index in [2.05, 4.69) is 27.0 Å². The summed E-state index contributed by atoms with van der Waals surface area (Å²) in [4.78, 5) is 13.1. The second-order valence-electron chi connectivity index (χ2n) is 7.18. The van der Waals surface area contributed by atoms with Crippen LogP contribution in [0, 0.1) is 0 Å². The molecule has 0 saturated carbocycles. The van der Waals surface area contributed by atoms with Gasteiger partial charge >= 0.3 is 0 Å². The van der Waals surface area contributed by atoms with E-state index in [9.17, 15) is 15.3 Å². The van der Waals surface area contributed by atoms with Crippen LogP contribution < -0.4 is 5.73 Å². The Balaban J connectivity index is 1.67. The van der Waals surface area contributed by atoms with Crippen LogP contribution >= 0.6 is 0 Å². The number of aromatic nitrogens is 6. The minimum absolute atomic E-state index is 0.189. The highest BCUT2D eigenvalue weighted by Crippen LogP contribution is 2.32. The third kappa shape index (κ3) is 3.57. The molecule has 1 aliphatic rings. The number of aliphatic hydroxyl groups excluding tert-OH is 3. The smallest absolute Gasteiger partial charge is 0.168 e. The predicted molar refractivity (Wildman–Crippen MR) is 103 cm³/mol. The maximum atomic E-state index is 10.3. The van der Waals surface area contributed by atoms with Crippen molar-refractivity contribution in [2.75, 3.05) is 12.3 Å². The Labute approximate surface area is 166 Å². The lowest BCUT2D eigenvalue weighted by Gasteiger charge is -2.16.